The second-order valence-electron chi connectivity index (χ2n) is 22.1. The maximum Gasteiger partial charge on any atom is 0.268 e. The zero-order chi connectivity index (χ0) is 49.0. The van der Waals surface area contributed by atoms with Gasteiger partial charge >= 0.3 is 0 Å². The quantitative estimate of drug-likeness (QED) is 0.127. The zero-order valence-electron chi connectivity index (χ0n) is 42.3. The third kappa shape index (κ3) is 7.99. The first-order valence-corrected chi connectivity index (χ1v) is 24.7. The standard InChI is InChI=1S/C66H56N4O.Pt/c1-64(2,3)43-30-28-42(29-31-43)55-40-60-56(39-57(55)66(7,8)9)51-23-13-11-21-49(51)48-20-10-12-22-50(48)54-25-17-27-59-63(54)69(60)41-68(59)45-18-16-19-46(37-45)71-47-32-33-53-52-24-14-15-26-58(52)70(61(53)38-47)62-36-44(34-35-67-62)65(4,5)6;/h10-36,39-40H,1-9H3;/q-2;. The van der Waals surface area contributed by atoms with Gasteiger partial charge in [0.2, 0.25) is 0 Å². The number of rotatable bonds is 5. The van der Waals surface area contributed by atoms with Crippen molar-refractivity contribution >= 4 is 32.8 Å². The molecule has 11 aromatic rings. The number of hydrogen-bond donors (Lipinski definition) is 0. The first kappa shape index (κ1) is 47.0. The molecule has 4 heterocycles. The van der Waals surface area contributed by atoms with Gasteiger partial charge < -0.3 is 13.9 Å². The fourth-order valence-electron chi connectivity index (χ4n) is 10.6. The van der Waals surface area contributed by atoms with Crippen LogP contribution in [0.5, 0.6) is 11.5 Å². The molecule has 0 saturated carbocycles. The zero-order valence-corrected chi connectivity index (χ0v) is 44.5. The van der Waals surface area contributed by atoms with Crippen molar-refractivity contribution < 1.29 is 30.4 Å². The Kier molecular flexibility index (Phi) is 11.4. The molecule has 0 unspecified atom stereocenters. The molecule has 0 N–H and O–H groups in total. The molecule has 0 radical (unpaired) electrons. The van der Waals surface area contributed by atoms with Crippen molar-refractivity contribution in [2.24, 2.45) is 0 Å². The van der Waals surface area contributed by atoms with Gasteiger partial charge in [-0.15, -0.1) is 29.7 Å². The Balaban J connectivity index is 0.00000560. The summed E-state index contributed by atoms with van der Waals surface area (Å²) in [7, 11) is 0. The Morgan fingerprint density at radius 3 is 1.79 bits per heavy atom. The molecule has 0 spiro atoms. The molecule has 8 aromatic carbocycles. The molecule has 0 saturated heterocycles. The van der Waals surface area contributed by atoms with Gasteiger partial charge in [0.05, 0.1) is 16.7 Å². The summed E-state index contributed by atoms with van der Waals surface area (Å²) < 4.78 is 13.4. The van der Waals surface area contributed by atoms with Crippen LogP contribution in [0.15, 0.2) is 176 Å². The van der Waals surface area contributed by atoms with Gasteiger partial charge in [-0.1, -0.05) is 183 Å². The minimum atomic E-state index is -0.159. The van der Waals surface area contributed by atoms with Crippen LogP contribution in [0.2, 0.25) is 0 Å². The van der Waals surface area contributed by atoms with Crippen LogP contribution >= 0.6 is 0 Å². The van der Waals surface area contributed by atoms with Gasteiger partial charge in [0.1, 0.15) is 5.82 Å². The number of fused-ring (bicyclic) bond motifs is 10. The molecule has 5 nitrogen and oxygen atoms in total. The van der Waals surface area contributed by atoms with E-state index in [-0.39, 0.29) is 37.3 Å². The van der Waals surface area contributed by atoms with E-state index < -0.39 is 0 Å². The van der Waals surface area contributed by atoms with Crippen LogP contribution in [-0.2, 0) is 37.3 Å². The van der Waals surface area contributed by atoms with Gasteiger partial charge in [-0.05, 0) is 113 Å². The normalized spacial score (nSPS) is 12.4. The second-order valence-corrected chi connectivity index (χ2v) is 22.1. The Morgan fingerprint density at radius 2 is 1.10 bits per heavy atom. The van der Waals surface area contributed by atoms with Gasteiger partial charge in [0, 0.05) is 44.3 Å². The largest absolute Gasteiger partial charge is 0.510 e. The second kappa shape index (κ2) is 17.5. The molecule has 1 aliphatic rings. The minimum Gasteiger partial charge on any atom is -0.510 e. The van der Waals surface area contributed by atoms with Crippen molar-refractivity contribution in [2.75, 3.05) is 0 Å². The molecule has 358 valence electrons. The van der Waals surface area contributed by atoms with Crippen LogP contribution < -0.4 is 9.30 Å². The minimum absolute atomic E-state index is 0. The van der Waals surface area contributed by atoms with E-state index in [1.54, 1.807) is 0 Å². The monoisotopic (exact) mass is 1120 g/mol. The van der Waals surface area contributed by atoms with Crippen molar-refractivity contribution in [3.8, 4) is 73.2 Å². The van der Waals surface area contributed by atoms with E-state index >= 15 is 0 Å². The predicted molar refractivity (Wildman–Crippen MR) is 291 cm³/mol. The molecule has 3 aromatic heterocycles. The van der Waals surface area contributed by atoms with Crippen molar-refractivity contribution in [3.63, 3.8) is 0 Å². The van der Waals surface area contributed by atoms with Crippen LogP contribution in [0.1, 0.15) is 79.0 Å². The van der Waals surface area contributed by atoms with Gasteiger partial charge in [-0.3, -0.25) is 4.57 Å². The van der Waals surface area contributed by atoms with E-state index in [9.17, 15) is 0 Å². The van der Waals surface area contributed by atoms with Crippen molar-refractivity contribution in [2.45, 2.75) is 78.6 Å². The SMILES string of the molecule is CC(C)(C)c1ccc(-c2cc3c(cc2C(C)(C)C)-c2ccccc2-c2ccccc2-c2cccc4c2[n+]-3[c-]n4-c2[c-]c(Oc3[c-]c4c(cc3)c3ccccc3n4-c3cc(C(C)(C)C)ccn3)ccc2)cc1.[Pt]. The van der Waals surface area contributed by atoms with E-state index in [1.165, 1.54) is 44.5 Å². The molecule has 1 aliphatic heterocycles. The molecule has 0 bridgehead atoms. The van der Waals surface area contributed by atoms with Gasteiger partial charge in [0.15, 0.2) is 0 Å². The molecular weight excluding hydrogens is 1060 g/mol. The fourth-order valence-corrected chi connectivity index (χ4v) is 10.6. The molecule has 0 aliphatic carbocycles. The first-order chi connectivity index (χ1) is 34.1. The molecule has 72 heavy (non-hydrogen) atoms. The number of imidazole rings is 1. The van der Waals surface area contributed by atoms with Gasteiger partial charge in [0.25, 0.3) is 6.33 Å². The maximum absolute atomic E-state index is 6.75. The van der Waals surface area contributed by atoms with Crippen LogP contribution in [0.25, 0.3) is 94.5 Å². The smallest absolute Gasteiger partial charge is 0.268 e. The maximum atomic E-state index is 6.75. The molecule has 12 rings (SSSR count). The summed E-state index contributed by atoms with van der Waals surface area (Å²) in [6.07, 6.45) is 5.83. The number of nitrogens with zero attached hydrogens (tertiary/aromatic N) is 4. The Labute approximate surface area is 437 Å². The number of ether oxygens (including phenoxy) is 1. The van der Waals surface area contributed by atoms with Crippen LogP contribution in [0, 0.1) is 18.5 Å². The average Bonchev–Trinajstić information content (AvgIpc) is 3.92. The topological polar surface area (TPSA) is 35.9 Å². The number of para-hydroxylation sites is 2. The summed E-state index contributed by atoms with van der Waals surface area (Å²) >= 11 is 0. The van der Waals surface area contributed by atoms with Gasteiger partial charge in [-0.2, -0.15) is 18.2 Å². The van der Waals surface area contributed by atoms with E-state index in [2.05, 4.69) is 246 Å². The molecular formula is C66H56N4OPt-2. The van der Waals surface area contributed by atoms with Crippen LogP contribution in [0.3, 0.4) is 0 Å². The van der Waals surface area contributed by atoms with Crippen molar-refractivity contribution in [1.29, 1.82) is 0 Å². The number of benzene rings is 8. The summed E-state index contributed by atoms with van der Waals surface area (Å²) in [5.74, 6) is 2.01. The van der Waals surface area contributed by atoms with E-state index in [0.29, 0.717) is 11.5 Å². The number of pyridine rings is 1. The first-order valence-electron chi connectivity index (χ1n) is 24.7. The van der Waals surface area contributed by atoms with Crippen molar-refractivity contribution in [3.05, 3.63) is 211 Å². The molecule has 6 heteroatoms. The predicted octanol–water partition coefficient (Wildman–Crippen LogP) is 16.5. The molecule has 0 amide bonds. The van der Waals surface area contributed by atoms with Crippen LogP contribution in [0.4, 0.5) is 0 Å². The summed E-state index contributed by atoms with van der Waals surface area (Å²) in [4.78, 5) is 4.89. The summed E-state index contributed by atoms with van der Waals surface area (Å²) in [6.45, 7) is 20.5. The summed E-state index contributed by atoms with van der Waals surface area (Å²) in [6, 6.07) is 68.7. The van der Waals surface area contributed by atoms with E-state index in [0.717, 1.165) is 66.7 Å². The van der Waals surface area contributed by atoms with Crippen molar-refractivity contribution in [1.82, 2.24) is 14.1 Å². The van der Waals surface area contributed by atoms with Gasteiger partial charge in [-0.25, -0.2) is 4.98 Å². The summed E-state index contributed by atoms with van der Waals surface area (Å²) in [5.41, 5.74) is 18.9. The third-order valence-electron chi connectivity index (χ3n) is 14.3. The Morgan fingerprint density at radius 1 is 0.486 bits per heavy atom. The van der Waals surface area contributed by atoms with Crippen LogP contribution in [-0.4, -0.2) is 14.1 Å². The fraction of sp³-hybridized carbons (Fsp3) is 0.182. The van der Waals surface area contributed by atoms with E-state index in [1.807, 2.05) is 24.4 Å². The number of hydrogen-bond acceptors (Lipinski definition) is 2. The third-order valence-corrected chi connectivity index (χ3v) is 14.3. The Hall–Kier alpha value is -7.33. The Bertz CT molecular complexity index is 3910. The molecule has 0 atom stereocenters. The summed E-state index contributed by atoms with van der Waals surface area (Å²) in [5, 5.41) is 2.22. The number of aromatic nitrogens is 4. The van der Waals surface area contributed by atoms with E-state index in [4.69, 9.17) is 9.72 Å². The molecule has 0 fully saturated rings. The average molecular weight is 1120 g/mol.